The number of hydrogen-bond acceptors (Lipinski definition) is 7. The fourth-order valence-corrected chi connectivity index (χ4v) is 5.45. The first kappa shape index (κ1) is 30.9. The van der Waals surface area contributed by atoms with E-state index in [1.807, 2.05) is 38.1 Å². The normalized spacial score (nSPS) is 14.7. The lowest BCUT2D eigenvalue weighted by molar-refractivity contribution is -0.139. The minimum atomic E-state index is -0.763. The molecule has 0 saturated heterocycles. The minimum absolute atomic E-state index is 0.190. The summed E-state index contributed by atoms with van der Waals surface area (Å²) in [6.45, 7) is 7.26. The number of carbonyl (C=O) groups excluding carboxylic acids is 3. The molecule has 3 amide bonds. The first-order valence-corrected chi connectivity index (χ1v) is 14.5. The number of nitrogens with one attached hydrogen (secondary N) is 3. The van der Waals surface area contributed by atoms with Crippen molar-refractivity contribution in [2.75, 3.05) is 20.3 Å². The third-order valence-electron chi connectivity index (χ3n) is 7.51. The minimum Gasteiger partial charge on any atom is -0.493 e. The van der Waals surface area contributed by atoms with Crippen molar-refractivity contribution < 1.29 is 28.6 Å². The number of amides is 3. The largest absolute Gasteiger partial charge is 0.493 e. The van der Waals surface area contributed by atoms with Gasteiger partial charge in [0.05, 0.1) is 37.2 Å². The zero-order chi connectivity index (χ0) is 32.1. The number of fused-ring (bicyclic) bond motifs is 1. The second-order valence-corrected chi connectivity index (χ2v) is 10.4. The molecule has 3 aromatic carbocycles. The van der Waals surface area contributed by atoms with Gasteiger partial charge in [0.15, 0.2) is 18.1 Å². The van der Waals surface area contributed by atoms with Crippen molar-refractivity contribution >= 4 is 34.9 Å². The number of carbonyl (C=O) groups is 3. The van der Waals surface area contributed by atoms with Crippen LogP contribution in [0.5, 0.6) is 11.5 Å². The number of benzene rings is 3. The number of ether oxygens (including phenoxy) is 3. The standard InChI is InChI=1S/C34H35N5O6/c1-6-44-33(41)31-21(3)36-34(42)37-32(31)24-14-15-28(29(17-24)43-5)45-19-30(40)38-35-18-25-16-20(2)39(22(25)4)27-13-9-11-23-10-7-8-12-26(23)27/h7-18,32H,6,19H2,1-5H3,(H,38,40)(H2,36,37,42)/b35-18-/t32-/m1/s1. The van der Waals surface area contributed by atoms with E-state index in [1.54, 1.807) is 38.3 Å². The molecule has 1 atom stereocenters. The van der Waals surface area contributed by atoms with E-state index in [0.29, 0.717) is 22.8 Å². The Bertz CT molecular complexity index is 1830. The van der Waals surface area contributed by atoms with Crippen LogP contribution < -0.4 is 25.5 Å². The van der Waals surface area contributed by atoms with E-state index in [9.17, 15) is 14.4 Å². The van der Waals surface area contributed by atoms with Crippen LogP contribution in [0.3, 0.4) is 0 Å². The Hall–Kier alpha value is -5.58. The van der Waals surface area contributed by atoms with Gasteiger partial charge in [0.25, 0.3) is 5.91 Å². The van der Waals surface area contributed by atoms with E-state index in [2.05, 4.69) is 50.0 Å². The number of nitrogens with zero attached hydrogens (tertiary/aromatic N) is 2. The first-order valence-electron chi connectivity index (χ1n) is 14.5. The van der Waals surface area contributed by atoms with Gasteiger partial charge in [-0.25, -0.2) is 15.0 Å². The average Bonchev–Trinajstić information content (AvgIpc) is 3.31. The number of urea groups is 1. The van der Waals surface area contributed by atoms with Crippen molar-refractivity contribution in [1.82, 2.24) is 20.6 Å². The van der Waals surface area contributed by atoms with Crippen molar-refractivity contribution in [2.45, 2.75) is 33.7 Å². The maximum absolute atomic E-state index is 12.6. The van der Waals surface area contributed by atoms with Gasteiger partial charge in [-0.3, -0.25) is 4.79 Å². The number of aryl methyl sites for hydroxylation is 1. The van der Waals surface area contributed by atoms with E-state index in [4.69, 9.17) is 14.2 Å². The summed E-state index contributed by atoms with van der Waals surface area (Å²) in [6.07, 6.45) is 1.61. The highest BCUT2D eigenvalue weighted by Crippen LogP contribution is 2.34. The first-order chi connectivity index (χ1) is 21.7. The molecule has 11 nitrogen and oxygen atoms in total. The van der Waals surface area contributed by atoms with Crippen LogP contribution in [-0.2, 0) is 14.3 Å². The number of esters is 1. The number of aromatic nitrogens is 1. The summed E-state index contributed by atoms with van der Waals surface area (Å²) in [4.78, 5) is 37.4. The lowest BCUT2D eigenvalue weighted by atomic mass is 9.95. The number of rotatable bonds is 10. The molecule has 1 aromatic heterocycles. The second kappa shape index (κ2) is 13.4. The predicted octanol–water partition coefficient (Wildman–Crippen LogP) is 4.98. The van der Waals surface area contributed by atoms with E-state index >= 15 is 0 Å². The van der Waals surface area contributed by atoms with Gasteiger partial charge < -0.3 is 29.4 Å². The van der Waals surface area contributed by atoms with Crippen LogP contribution in [0.15, 0.2) is 83.1 Å². The molecule has 0 unspecified atom stereocenters. The average molecular weight is 610 g/mol. The van der Waals surface area contributed by atoms with E-state index in [-0.39, 0.29) is 18.8 Å². The quantitative estimate of drug-likeness (QED) is 0.132. The molecule has 232 valence electrons. The van der Waals surface area contributed by atoms with Gasteiger partial charge in [0.2, 0.25) is 0 Å². The molecule has 5 rings (SSSR count). The summed E-state index contributed by atoms with van der Waals surface area (Å²) in [5.41, 5.74) is 7.74. The lowest BCUT2D eigenvalue weighted by Crippen LogP contribution is -2.45. The molecule has 1 aliphatic rings. The lowest BCUT2D eigenvalue weighted by Gasteiger charge is -2.28. The van der Waals surface area contributed by atoms with Crippen LogP contribution in [0.1, 0.15) is 42.4 Å². The van der Waals surface area contributed by atoms with Gasteiger partial charge >= 0.3 is 12.0 Å². The molecule has 0 bridgehead atoms. The van der Waals surface area contributed by atoms with Crippen molar-refractivity contribution in [3.63, 3.8) is 0 Å². The highest BCUT2D eigenvalue weighted by atomic mass is 16.5. The molecule has 0 saturated carbocycles. The summed E-state index contributed by atoms with van der Waals surface area (Å²) in [5.74, 6) is -0.385. The molecular weight excluding hydrogens is 574 g/mol. The zero-order valence-electron chi connectivity index (χ0n) is 25.8. The van der Waals surface area contributed by atoms with Crippen LogP contribution in [0.25, 0.3) is 16.5 Å². The number of allylic oxidation sites excluding steroid dienone is 1. The van der Waals surface area contributed by atoms with Crippen LogP contribution in [0.2, 0.25) is 0 Å². The zero-order valence-corrected chi connectivity index (χ0v) is 25.8. The van der Waals surface area contributed by atoms with Crippen LogP contribution in [0.4, 0.5) is 4.79 Å². The maximum Gasteiger partial charge on any atom is 0.338 e. The Labute approximate surface area is 260 Å². The van der Waals surface area contributed by atoms with Gasteiger partial charge in [-0.1, -0.05) is 42.5 Å². The van der Waals surface area contributed by atoms with Crippen molar-refractivity contribution in [1.29, 1.82) is 0 Å². The summed E-state index contributed by atoms with van der Waals surface area (Å²) in [7, 11) is 1.46. The van der Waals surface area contributed by atoms with Gasteiger partial charge in [-0.2, -0.15) is 5.10 Å². The molecular formula is C34H35N5O6. The maximum atomic E-state index is 12.6. The fourth-order valence-electron chi connectivity index (χ4n) is 5.45. The topological polar surface area (TPSA) is 132 Å². The van der Waals surface area contributed by atoms with Crippen LogP contribution >= 0.6 is 0 Å². The third-order valence-corrected chi connectivity index (χ3v) is 7.51. The van der Waals surface area contributed by atoms with E-state index < -0.39 is 23.9 Å². The SMILES string of the molecule is CCOC(=O)C1=C(C)NC(=O)N[C@@H]1c1ccc(OCC(=O)N/N=C\c2cc(C)n(-c3cccc4ccccc34)c2C)c(OC)c1. The molecule has 45 heavy (non-hydrogen) atoms. The molecule has 0 spiro atoms. The molecule has 3 N–H and O–H groups in total. The van der Waals surface area contributed by atoms with Gasteiger partial charge in [-0.05, 0) is 62.9 Å². The highest BCUT2D eigenvalue weighted by Gasteiger charge is 2.32. The summed E-state index contributed by atoms with van der Waals surface area (Å²) < 4.78 is 18.6. The van der Waals surface area contributed by atoms with Gasteiger partial charge in [-0.15, -0.1) is 0 Å². The van der Waals surface area contributed by atoms with E-state index in [0.717, 1.165) is 33.4 Å². The molecule has 4 aromatic rings. The highest BCUT2D eigenvalue weighted by molar-refractivity contribution is 5.95. The Balaban J connectivity index is 1.25. The monoisotopic (exact) mass is 609 g/mol. The number of hydrazone groups is 1. The van der Waals surface area contributed by atoms with Crippen LogP contribution in [-0.4, -0.2) is 49.0 Å². The van der Waals surface area contributed by atoms with Crippen molar-refractivity contribution in [2.24, 2.45) is 5.10 Å². The third kappa shape index (κ3) is 6.52. The summed E-state index contributed by atoms with van der Waals surface area (Å²) in [5, 5.41) is 11.8. The molecule has 0 aliphatic carbocycles. The van der Waals surface area contributed by atoms with Crippen molar-refractivity contribution in [3.05, 3.63) is 101 Å². The Morgan fingerprint density at radius 2 is 1.80 bits per heavy atom. The van der Waals surface area contributed by atoms with E-state index in [1.165, 1.54) is 7.11 Å². The molecule has 2 heterocycles. The smallest absolute Gasteiger partial charge is 0.338 e. The molecule has 1 aliphatic heterocycles. The Kier molecular flexibility index (Phi) is 9.17. The Morgan fingerprint density at radius 1 is 1.02 bits per heavy atom. The Morgan fingerprint density at radius 3 is 2.58 bits per heavy atom. The second-order valence-electron chi connectivity index (χ2n) is 10.4. The van der Waals surface area contributed by atoms with Crippen LogP contribution in [0, 0.1) is 13.8 Å². The summed E-state index contributed by atoms with van der Waals surface area (Å²) >= 11 is 0. The van der Waals surface area contributed by atoms with Gasteiger partial charge in [0.1, 0.15) is 0 Å². The number of methoxy groups -OCH3 is 1. The molecule has 0 radical (unpaired) electrons. The fraction of sp³-hybridized carbons (Fsp3) is 0.235. The van der Waals surface area contributed by atoms with Gasteiger partial charge in [0, 0.05) is 28.0 Å². The molecule has 11 heteroatoms. The summed E-state index contributed by atoms with van der Waals surface area (Å²) in [6, 6.07) is 20.2. The number of hydrogen-bond donors (Lipinski definition) is 3. The van der Waals surface area contributed by atoms with Crippen molar-refractivity contribution in [3.8, 4) is 17.2 Å². The molecule has 0 fully saturated rings. The predicted molar refractivity (Wildman–Crippen MR) is 171 cm³/mol.